The predicted molar refractivity (Wildman–Crippen MR) is 68.2 cm³/mol. The van der Waals surface area contributed by atoms with E-state index in [2.05, 4.69) is 0 Å². The Morgan fingerprint density at radius 3 is 2.52 bits per heavy atom. The van der Waals surface area contributed by atoms with Gasteiger partial charge in [0.15, 0.2) is 0 Å². The lowest BCUT2D eigenvalue weighted by Gasteiger charge is -2.17. The highest BCUT2D eigenvalue weighted by Crippen LogP contribution is 2.27. The standard InChI is InChI=1S/C11H14F4N2O3S/c1-2-20-8-4-3-7(16)5-9(8)21(18,19)17-6-11(14,15)10(12)13/h3-5,10,17H,2,6,16H2,1H3. The highest BCUT2D eigenvalue weighted by molar-refractivity contribution is 7.89. The van der Waals surface area contributed by atoms with Gasteiger partial charge in [-0.15, -0.1) is 0 Å². The highest BCUT2D eigenvalue weighted by atomic mass is 32.2. The van der Waals surface area contributed by atoms with E-state index in [0.717, 1.165) is 6.07 Å². The Kier molecular flexibility index (Phi) is 5.40. The molecular formula is C11H14F4N2O3S. The predicted octanol–water partition coefficient (Wildman–Crippen LogP) is 1.85. The number of sulfonamides is 1. The molecule has 0 fully saturated rings. The summed E-state index contributed by atoms with van der Waals surface area (Å²) in [5.41, 5.74) is 5.49. The summed E-state index contributed by atoms with van der Waals surface area (Å²) in [5.74, 6) is -4.58. The third-order valence-electron chi connectivity index (χ3n) is 2.37. The van der Waals surface area contributed by atoms with Gasteiger partial charge < -0.3 is 10.5 Å². The van der Waals surface area contributed by atoms with Crippen molar-refractivity contribution in [2.45, 2.75) is 24.2 Å². The minimum Gasteiger partial charge on any atom is -0.492 e. The summed E-state index contributed by atoms with van der Waals surface area (Å²) in [5, 5.41) is 0. The van der Waals surface area contributed by atoms with E-state index in [-0.39, 0.29) is 18.0 Å². The number of nitrogens with one attached hydrogen (secondary N) is 1. The molecule has 0 aliphatic carbocycles. The van der Waals surface area contributed by atoms with E-state index in [0.29, 0.717) is 0 Å². The van der Waals surface area contributed by atoms with Crippen molar-refractivity contribution in [1.82, 2.24) is 4.72 Å². The quantitative estimate of drug-likeness (QED) is 0.590. The largest absolute Gasteiger partial charge is 0.492 e. The van der Waals surface area contributed by atoms with E-state index < -0.39 is 33.8 Å². The zero-order valence-electron chi connectivity index (χ0n) is 10.9. The van der Waals surface area contributed by atoms with Crippen molar-refractivity contribution >= 4 is 15.7 Å². The lowest BCUT2D eigenvalue weighted by molar-refractivity contribution is -0.122. The molecule has 10 heteroatoms. The van der Waals surface area contributed by atoms with Gasteiger partial charge in [-0.05, 0) is 25.1 Å². The second-order valence-corrected chi connectivity index (χ2v) is 5.76. The number of hydrogen-bond acceptors (Lipinski definition) is 4. The molecular weight excluding hydrogens is 316 g/mol. The van der Waals surface area contributed by atoms with E-state index in [1.165, 1.54) is 16.9 Å². The van der Waals surface area contributed by atoms with Crippen LogP contribution in [0.1, 0.15) is 6.92 Å². The van der Waals surface area contributed by atoms with Gasteiger partial charge in [0.05, 0.1) is 13.2 Å². The fourth-order valence-corrected chi connectivity index (χ4v) is 2.58. The number of alkyl halides is 4. The van der Waals surface area contributed by atoms with Crippen LogP contribution in [0.2, 0.25) is 0 Å². The normalized spacial score (nSPS) is 12.7. The minimum atomic E-state index is -4.47. The molecule has 0 atom stereocenters. The first-order valence-corrected chi connectivity index (χ1v) is 7.26. The van der Waals surface area contributed by atoms with Crippen LogP contribution in [-0.4, -0.2) is 33.9 Å². The van der Waals surface area contributed by atoms with E-state index >= 15 is 0 Å². The van der Waals surface area contributed by atoms with Crippen LogP contribution in [0.5, 0.6) is 5.75 Å². The van der Waals surface area contributed by atoms with Gasteiger partial charge in [0.1, 0.15) is 10.6 Å². The SMILES string of the molecule is CCOc1ccc(N)cc1S(=O)(=O)NCC(F)(F)C(F)F. The maximum absolute atomic E-state index is 12.8. The number of ether oxygens (including phenoxy) is 1. The number of nitrogen functional groups attached to an aromatic ring is 1. The Hall–Kier alpha value is -1.55. The third kappa shape index (κ3) is 4.46. The molecule has 5 nitrogen and oxygen atoms in total. The van der Waals surface area contributed by atoms with Crippen LogP contribution < -0.4 is 15.2 Å². The number of anilines is 1. The van der Waals surface area contributed by atoms with Gasteiger partial charge in [-0.3, -0.25) is 0 Å². The molecule has 0 bridgehead atoms. The molecule has 1 aromatic rings. The van der Waals surface area contributed by atoms with Crippen molar-refractivity contribution in [3.05, 3.63) is 18.2 Å². The average molecular weight is 330 g/mol. The van der Waals surface area contributed by atoms with Crippen LogP contribution >= 0.6 is 0 Å². The van der Waals surface area contributed by atoms with Crippen LogP contribution in [-0.2, 0) is 10.0 Å². The first kappa shape index (κ1) is 17.5. The summed E-state index contributed by atoms with van der Waals surface area (Å²) in [4.78, 5) is -0.491. The van der Waals surface area contributed by atoms with Crippen LogP contribution in [0.25, 0.3) is 0 Å². The number of hydrogen-bond donors (Lipinski definition) is 2. The average Bonchev–Trinajstić information content (AvgIpc) is 2.39. The van der Waals surface area contributed by atoms with Gasteiger partial charge in [0.25, 0.3) is 0 Å². The number of nitrogens with two attached hydrogens (primary N) is 1. The zero-order chi connectivity index (χ0) is 16.3. The summed E-state index contributed by atoms with van der Waals surface area (Å²) in [6, 6.07) is 3.60. The third-order valence-corrected chi connectivity index (χ3v) is 3.80. The van der Waals surface area contributed by atoms with Crippen molar-refractivity contribution in [3.8, 4) is 5.75 Å². The fourth-order valence-electron chi connectivity index (χ4n) is 1.36. The van der Waals surface area contributed by atoms with Crippen LogP contribution in [0.15, 0.2) is 23.1 Å². The van der Waals surface area contributed by atoms with E-state index in [1.807, 2.05) is 0 Å². The van der Waals surface area contributed by atoms with Gasteiger partial charge >= 0.3 is 12.3 Å². The van der Waals surface area contributed by atoms with Crippen molar-refractivity contribution in [2.75, 3.05) is 18.9 Å². The number of halogens is 4. The Balaban J connectivity index is 3.05. The summed E-state index contributed by atoms with van der Waals surface area (Å²) < 4.78 is 80.0. The number of rotatable bonds is 7. The maximum atomic E-state index is 12.8. The molecule has 0 amide bonds. The second kappa shape index (κ2) is 6.48. The smallest absolute Gasteiger partial charge is 0.320 e. The van der Waals surface area contributed by atoms with E-state index in [4.69, 9.17) is 10.5 Å². The summed E-state index contributed by atoms with van der Waals surface area (Å²) in [6.07, 6.45) is -3.98. The van der Waals surface area contributed by atoms with Crippen molar-refractivity contribution in [1.29, 1.82) is 0 Å². The lowest BCUT2D eigenvalue weighted by atomic mass is 10.3. The molecule has 3 N–H and O–H groups in total. The van der Waals surface area contributed by atoms with Crippen molar-refractivity contribution in [3.63, 3.8) is 0 Å². The molecule has 0 radical (unpaired) electrons. The van der Waals surface area contributed by atoms with Crippen LogP contribution in [0, 0.1) is 0 Å². The second-order valence-electron chi connectivity index (χ2n) is 4.03. The van der Waals surface area contributed by atoms with Crippen LogP contribution in [0.3, 0.4) is 0 Å². The van der Waals surface area contributed by atoms with Crippen molar-refractivity contribution in [2.24, 2.45) is 0 Å². The molecule has 0 heterocycles. The molecule has 1 aromatic carbocycles. The summed E-state index contributed by atoms with van der Waals surface area (Å²) in [7, 11) is -4.47. The molecule has 0 aliphatic rings. The van der Waals surface area contributed by atoms with Gasteiger partial charge in [-0.25, -0.2) is 21.9 Å². The minimum absolute atomic E-state index is 0.0550. The van der Waals surface area contributed by atoms with Gasteiger partial charge in [0.2, 0.25) is 10.0 Å². The monoisotopic (exact) mass is 330 g/mol. The molecule has 1 rings (SSSR count). The Labute approximate surface area is 119 Å². The van der Waals surface area contributed by atoms with E-state index in [9.17, 15) is 26.0 Å². The van der Waals surface area contributed by atoms with Crippen LogP contribution in [0.4, 0.5) is 23.2 Å². The van der Waals surface area contributed by atoms with E-state index in [1.54, 1.807) is 6.92 Å². The van der Waals surface area contributed by atoms with Crippen molar-refractivity contribution < 1.29 is 30.7 Å². The first-order valence-electron chi connectivity index (χ1n) is 5.78. The molecule has 0 saturated carbocycles. The molecule has 0 unspecified atom stereocenters. The number of benzene rings is 1. The Bertz CT molecular complexity index is 593. The molecule has 0 aliphatic heterocycles. The van der Waals surface area contributed by atoms with Gasteiger partial charge in [0, 0.05) is 5.69 Å². The zero-order valence-corrected chi connectivity index (χ0v) is 11.8. The molecule has 21 heavy (non-hydrogen) atoms. The molecule has 0 aromatic heterocycles. The molecule has 0 saturated heterocycles. The molecule has 120 valence electrons. The summed E-state index contributed by atoms with van der Waals surface area (Å²) >= 11 is 0. The molecule has 0 spiro atoms. The Morgan fingerprint density at radius 2 is 2.00 bits per heavy atom. The fraction of sp³-hybridized carbons (Fsp3) is 0.455. The van der Waals surface area contributed by atoms with Gasteiger partial charge in [-0.1, -0.05) is 0 Å². The highest BCUT2D eigenvalue weighted by Gasteiger charge is 2.41. The first-order chi connectivity index (χ1) is 9.60. The van der Waals surface area contributed by atoms with Gasteiger partial charge in [-0.2, -0.15) is 8.78 Å². The topological polar surface area (TPSA) is 81.4 Å². The maximum Gasteiger partial charge on any atom is 0.320 e. The summed E-state index contributed by atoms with van der Waals surface area (Å²) in [6.45, 7) is -0.0157. The Morgan fingerprint density at radius 1 is 1.38 bits per heavy atom. The lowest BCUT2D eigenvalue weighted by Crippen LogP contribution is -2.41.